The van der Waals surface area contributed by atoms with Crippen LogP contribution in [0.15, 0.2) is 59.0 Å². The number of oxazole rings is 1. The Hall–Kier alpha value is -4.08. The molecule has 1 aromatic heterocycles. The number of nitrogens with zero attached hydrogens (tertiary/aromatic N) is 1. The number of hydrogen-bond donors (Lipinski definition) is 2. The number of halogens is 4. The summed E-state index contributed by atoms with van der Waals surface area (Å²) in [5.41, 5.74) is 3.88. The van der Waals surface area contributed by atoms with E-state index < -0.39 is 23.7 Å². The molecule has 0 radical (unpaired) electrons. The molecule has 0 atom stereocenters. The number of rotatable bonds is 6. The Labute approximate surface area is 191 Å². The first kappa shape index (κ1) is 23.1. The van der Waals surface area contributed by atoms with Gasteiger partial charge in [0.1, 0.15) is 12.1 Å². The second-order valence-corrected chi connectivity index (χ2v) is 7.56. The average Bonchev–Trinajstić information content (AvgIpc) is 3.36. The zero-order valence-electron chi connectivity index (χ0n) is 17.7. The molecule has 0 saturated carbocycles. The zero-order valence-corrected chi connectivity index (χ0v) is 17.7. The van der Waals surface area contributed by atoms with Gasteiger partial charge < -0.3 is 19.6 Å². The van der Waals surface area contributed by atoms with E-state index in [9.17, 15) is 27.5 Å². The first-order chi connectivity index (χ1) is 16.1. The molecule has 2 N–H and O–H groups in total. The minimum atomic E-state index is -4.97. The van der Waals surface area contributed by atoms with E-state index in [0.29, 0.717) is 39.1 Å². The number of allylic oxidation sites excluding steroid dienone is 2. The SMILES string of the molecule is CC1=C(CC(=O)NCc2cocn2)c2cc(F)ccc2/C1=C\c1ccc(O)c(OC(F)(F)F)c1. The second kappa shape index (κ2) is 9.05. The largest absolute Gasteiger partial charge is 0.573 e. The third kappa shape index (κ3) is 5.11. The molecule has 1 aliphatic rings. The summed E-state index contributed by atoms with van der Waals surface area (Å²) in [6.45, 7) is 1.91. The molecule has 2 aromatic carbocycles. The number of benzene rings is 2. The maximum absolute atomic E-state index is 14.0. The van der Waals surface area contributed by atoms with Gasteiger partial charge in [-0.05, 0) is 70.7 Å². The molecule has 0 aliphatic heterocycles. The number of ether oxygens (including phenoxy) is 1. The Morgan fingerprint density at radius 1 is 1.21 bits per heavy atom. The van der Waals surface area contributed by atoms with Gasteiger partial charge in [0.15, 0.2) is 17.9 Å². The Morgan fingerprint density at radius 3 is 2.71 bits per heavy atom. The molecule has 6 nitrogen and oxygen atoms in total. The Bertz CT molecular complexity index is 1290. The fourth-order valence-corrected chi connectivity index (χ4v) is 3.71. The van der Waals surface area contributed by atoms with Crippen molar-refractivity contribution >= 4 is 23.1 Å². The molecule has 0 bridgehead atoms. The zero-order chi connectivity index (χ0) is 24.5. The van der Waals surface area contributed by atoms with Crippen LogP contribution in [0.5, 0.6) is 11.5 Å². The highest BCUT2D eigenvalue weighted by Crippen LogP contribution is 2.44. The van der Waals surface area contributed by atoms with E-state index in [-0.39, 0.29) is 18.9 Å². The molecule has 1 amide bonds. The fraction of sp³-hybridized carbons (Fsp3) is 0.167. The molecule has 1 heterocycles. The number of fused-ring (bicyclic) bond motifs is 1. The van der Waals surface area contributed by atoms with Gasteiger partial charge in [-0.3, -0.25) is 4.79 Å². The van der Waals surface area contributed by atoms with Crippen molar-refractivity contribution in [3.05, 3.63) is 82.8 Å². The maximum atomic E-state index is 14.0. The van der Waals surface area contributed by atoms with Gasteiger partial charge in [-0.25, -0.2) is 9.37 Å². The summed E-state index contributed by atoms with van der Waals surface area (Å²) in [7, 11) is 0. The van der Waals surface area contributed by atoms with Gasteiger partial charge in [0, 0.05) is 0 Å². The molecule has 3 aromatic rings. The van der Waals surface area contributed by atoms with Gasteiger partial charge in [0.25, 0.3) is 0 Å². The minimum absolute atomic E-state index is 0.0461. The number of carbonyl (C=O) groups excluding carboxylic acids is 1. The summed E-state index contributed by atoms with van der Waals surface area (Å²) in [6.07, 6.45) is -0.774. The van der Waals surface area contributed by atoms with E-state index in [1.54, 1.807) is 19.1 Å². The van der Waals surface area contributed by atoms with Crippen molar-refractivity contribution in [1.82, 2.24) is 10.3 Å². The lowest BCUT2D eigenvalue weighted by atomic mass is 10.0. The lowest BCUT2D eigenvalue weighted by Crippen LogP contribution is -2.22. The summed E-state index contributed by atoms with van der Waals surface area (Å²) in [5.74, 6) is -2.21. The van der Waals surface area contributed by atoms with E-state index in [0.717, 1.165) is 12.1 Å². The van der Waals surface area contributed by atoms with Crippen molar-refractivity contribution in [2.24, 2.45) is 0 Å². The van der Waals surface area contributed by atoms with Crippen molar-refractivity contribution in [3.8, 4) is 11.5 Å². The predicted molar refractivity (Wildman–Crippen MR) is 115 cm³/mol. The van der Waals surface area contributed by atoms with Crippen molar-refractivity contribution in [2.75, 3.05) is 0 Å². The smallest absolute Gasteiger partial charge is 0.504 e. The van der Waals surface area contributed by atoms with Crippen molar-refractivity contribution < 1.29 is 36.6 Å². The van der Waals surface area contributed by atoms with E-state index in [4.69, 9.17) is 4.42 Å². The number of nitrogens with one attached hydrogen (secondary N) is 1. The Balaban J connectivity index is 1.66. The fourth-order valence-electron chi connectivity index (χ4n) is 3.71. The molecule has 0 fully saturated rings. The van der Waals surface area contributed by atoms with E-state index >= 15 is 0 Å². The van der Waals surface area contributed by atoms with Gasteiger partial charge >= 0.3 is 6.36 Å². The van der Waals surface area contributed by atoms with Crippen LogP contribution in [0.2, 0.25) is 0 Å². The lowest BCUT2D eigenvalue weighted by Gasteiger charge is -2.11. The van der Waals surface area contributed by atoms with Crippen LogP contribution in [0.1, 0.15) is 35.7 Å². The van der Waals surface area contributed by atoms with Gasteiger partial charge in [0.05, 0.1) is 18.7 Å². The first-order valence-corrected chi connectivity index (χ1v) is 10.1. The van der Waals surface area contributed by atoms with Gasteiger partial charge in [-0.15, -0.1) is 13.2 Å². The van der Waals surface area contributed by atoms with Crippen LogP contribution in [-0.4, -0.2) is 22.4 Å². The van der Waals surface area contributed by atoms with E-state index in [1.807, 2.05) is 0 Å². The van der Waals surface area contributed by atoms with Crippen LogP contribution in [0.4, 0.5) is 17.6 Å². The highest BCUT2D eigenvalue weighted by molar-refractivity contribution is 6.08. The van der Waals surface area contributed by atoms with Gasteiger partial charge in [-0.2, -0.15) is 0 Å². The minimum Gasteiger partial charge on any atom is -0.504 e. The van der Waals surface area contributed by atoms with Crippen LogP contribution < -0.4 is 10.1 Å². The molecule has 0 saturated heterocycles. The van der Waals surface area contributed by atoms with Crippen LogP contribution >= 0.6 is 0 Å². The highest BCUT2D eigenvalue weighted by atomic mass is 19.4. The molecular formula is C24H18F4N2O4. The predicted octanol–water partition coefficient (Wildman–Crippen LogP) is 5.45. The van der Waals surface area contributed by atoms with Crippen molar-refractivity contribution in [3.63, 3.8) is 0 Å². The third-order valence-corrected chi connectivity index (χ3v) is 5.26. The van der Waals surface area contributed by atoms with E-state index in [2.05, 4.69) is 15.0 Å². The maximum Gasteiger partial charge on any atom is 0.573 e. The topological polar surface area (TPSA) is 84.6 Å². The molecule has 1 aliphatic carbocycles. The molecule has 0 spiro atoms. The Morgan fingerprint density at radius 2 is 2.00 bits per heavy atom. The Kier molecular flexibility index (Phi) is 6.14. The van der Waals surface area contributed by atoms with Crippen LogP contribution in [-0.2, 0) is 11.3 Å². The summed E-state index contributed by atoms with van der Waals surface area (Å²) < 4.78 is 60.7. The van der Waals surface area contributed by atoms with Crippen LogP contribution in [0, 0.1) is 5.82 Å². The number of phenolic OH excluding ortho intramolecular Hbond substituents is 1. The number of aromatic nitrogens is 1. The monoisotopic (exact) mass is 474 g/mol. The number of carbonyl (C=O) groups is 1. The standard InChI is InChI=1S/C24H18F4N2O4/c1-13-18(6-14-2-5-21(31)22(7-14)34-24(26,27)28)17-4-3-15(25)8-20(17)19(13)9-23(32)29-10-16-11-33-12-30-16/h2-8,11-12,31H,9-10H2,1H3,(H,29,32)/b18-6-. The van der Waals surface area contributed by atoms with Crippen LogP contribution in [0.3, 0.4) is 0 Å². The highest BCUT2D eigenvalue weighted by Gasteiger charge is 2.32. The van der Waals surface area contributed by atoms with Crippen LogP contribution in [0.25, 0.3) is 17.2 Å². The summed E-state index contributed by atoms with van der Waals surface area (Å²) in [5, 5.41) is 12.4. The van der Waals surface area contributed by atoms with Crippen molar-refractivity contribution in [1.29, 1.82) is 0 Å². The van der Waals surface area contributed by atoms with Gasteiger partial charge in [-0.1, -0.05) is 12.1 Å². The normalized spacial score (nSPS) is 14.4. The first-order valence-electron chi connectivity index (χ1n) is 10.1. The number of aromatic hydroxyl groups is 1. The quantitative estimate of drug-likeness (QED) is 0.464. The second-order valence-electron chi connectivity index (χ2n) is 7.56. The molecule has 176 valence electrons. The summed E-state index contributed by atoms with van der Waals surface area (Å²) in [6, 6.07) is 7.69. The molecule has 0 unspecified atom stereocenters. The number of alkyl halides is 3. The van der Waals surface area contributed by atoms with Gasteiger partial charge in [0.2, 0.25) is 5.91 Å². The summed E-state index contributed by atoms with van der Waals surface area (Å²) in [4.78, 5) is 16.5. The average molecular weight is 474 g/mol. The van der Waals surface area contributed by atoms with E-state index in [1.165, 1.54) is 30.9 Å². The molecular weight excluding hydrogens is 456 g/mol. The molecule has 4 rings (SSSR count). The van der Waals surface area contributed by atoms with Crippen molar-refractivity contribution in [2.45, 2.75) is 26.3 Å². The molecule has 10 heteroatoms. The number of phenols is 1. The summed E-state index contributed by atoms with van der Waals surface area (Å²) >= 11 is 0. The lowest BCUT2D eigenvalue weighted by molar-refractivity contribution is -0.275. The number of hydrogen-bond acceptors (Lipinski definition) is 5. The number of amides is 1. The third-order valence-electron chi connectivity index (χ3n) is 5.26. The molecule has 34 heavy (non-hydrogen) atoms.